The normalized spacial score (nSPS) is 11.3. The van der Waals surface area contributed by atoms with Crippen LogP contribution < -0.4 is 0 Å². The molecule has 0 aromatic rings. The Labute approximate surface area is 83.1 Å². The van der Waals surface area contributed by atoms with Gasteiger partial charge < -0.3 is 9.31 Å². The largest absolute Gasteiger partial charge is 0.457 e. The van der Waals surface area contributed by atoms with Gasteiger partial charge in [0.05, 0.1) is 0 Å². The Morgan fingerprint density at radius 2 is 1.46 bits per heavy atom. The van der Waals surface area contributed by atoms with E-state index in [0.29, 0.717) is 0 Å². The van der Waals surface area contributed by atoms with Crippen LogP contribution in [0.1, 0.15) is 47.5 Å². The maximum absolute atomic E-state index is 5.64. The lowest BCUT2D eigenvalue weighted by Gasteiger charge is -2.19. The zero-order valence-electron chi connectivity index (χ0n) is 9.67. The summed E-state index contributed by atoms with van der Waals surface area (Å²) in [6.45, 7) is 10.4. The third-order valence-corrected chi connectivity index (χ3v) is 1.64. The number of hydrogen-bond acceptors (Lipinski definition) is 2. The molecule has 0 atom stereocenters. The van der Waals surface area contributed by atoms with Crippen LogP contribution in [0, 0.1) is 0 Å². The van der Waals surface area contributed by atoms with Gasteiger partial charge in [0.1, 0.15) is 0 Å². The highest BCUT2D eigenvalue weighted by Gasteiger charge is 2.19. The molecule has 0 bridgehead atoms. The van der Waals surface area contributed by atoms with Crippen molar-refractivity contribution in [3.63, 3.8) is 0 Å². The Kier molecular flexibility index (Phi) is 7.39. The topological polar surface area (TPSA) is 18.5 Å². The molecule has 0 N–H and O–H groups in total. The first-order chi connectivity index (χ1) is 6.06. The maximum Gasteiger partial charge on any atom is 0.457 e. The van der Waals surface area contributed by atoms with E-state index in [1.807, 2.05) is 27.7 Å². The summed E-state index contributed by atoms with van der Waals surface area (Å²) in [4.78, 5) is 0. The van der Waals surface area contributed by atoms with Gasteiger partial charge in [-0.05, 0) is 34.0 Å². The van der Waals surface area contributed by atoms with Gasteiger partial charge in [-0.15, -0.1) is 0 Å². The summed E-state index contributed by atoms with van der Waals surface area (Å²) in [5.74, 6) is 0. The zero-order chi connectivity index (χ0) is 10.3. The van der Waals surface area contributed by atoms with Crippen molar-refractivity contribution in [2.24, 2.45) is 0 Å². The standard InChI is InChI=1S/C10H23BO2/c1-6-7-8-11(12-9(2)3)13-10(4)5/h9-10H,6-8H2,1-5H3. The molecule has 0 radical (unpaired) electrons. The predicted molar refractivity (Wildman–Crippen MR) is 57.9 cm³/mol. The van der Waals surface area contributed by atoms with E-state index < -0.39 is 0 Å². The minimum Gasteiger partial charge on any atom is -0.409 e. The van der Waals surface area contributed by atoms with E-state index in [2.05, 4.69) is 6.92 Å². The van der Waals surface area contributed by atoms with Gasteiger partial charge in [0, 0.05) is 12.2 Å². The first-order valence-electron chi connectivity index (χ1n) is 5.37. The summed E-state index contributed by atoms with van der Waals surface area (Å²) >= 11 is 0. The molecule has 0 rings (SSSR count). The van der Waals surface area contributed by atoms with E-state index in [1.54, 1.807) is 0 Å². The molecule has 0 aromatic carbocycles. The highest BCUT2D eigenvalue weighted by atomic mass is 16.6. The summed E-state index contributed by atoms with van der Waals surface area (Å²) in [5.41, 5.74) is 0. The minimum atomic E-state index is -0.0139. The molecule has 0 spiro atoms. The lowest BCUT2D eigenvalue weighted by atomic mass is 9.81. The molecule has 0 fully saturated rings. The maximum atomic E-state index is 5.64. The highest BCUT2D eigenvalue weighted by molar-refractivity contribution is 6.44. The van der Waals surface area contributed by atoms with Crippen molar-refractivity contribution in [1.82, 2.24) is 0 Å². The third-order valence-electron chi connectivity index (χ3n) is 1.64. The van der Waals surface area contributed by atoms with Crippen molar-refractivity contribution < 1.29 is 9.31 Å². The number of unbranched alkanes of at least 4 members (excludes halogenated alkanes) is 1. The monoisotopic (exact) mass is 186 g/mol. The summed E-state index contributed by atoms with van der Waals surface area (Å²) in [5, 5.41) is 0. The Morgan fingerprint density at radius 1 is 1.00 bits per heavy atom. The van der Waals surface area contributed by atoms with Crippen LogP contribution in [0.3, 0.4) is 0 Å². The Hall–Kier alpha value is -0.0151. The molecule has 0 saturated heterocycles. The third kappa shape index (κ3) is 8.32. The summed E-state index contributed by atoms with van der Waals surface area (Å²) in [7, 11) is -0.0139. The first kappa shape index (κ1) is 13.0. The molecular weight excluding hydrogens is 163 g/mol. The average molecular weight is 186 g/mol. The second-order valence-electron chi connectivity index (χ2n) is 3.94. The van der Waals surface area contributed by atoms with Crippen LogP contribution >= 0.6 is 0 Å². The quantitative estimate of drug-likeness (QED) is 0.568. The number of rotatable bonds is 7. The van der Waals surface area contributed by atoms with Gasteiger partial charge in [-0.3, -0.25) is 0 Å². The SMILES string of the molecule is CCCCB(OC(C)C)OC(C)C. The summed E-state index contributed by atoms with van der Waals surface area (Å²) < 4.78 is 11.3. The average Bonchev–Trinajstić information content (AvgIpc) is 1.98. The highest BCUT2D eigenvalue weighted by Crippen LogP contribution is 2.08. The molecule has 0 amide bonds. The molecule has 0 saturated carbocycles. The van der Waals surface area contributed by atoms with Gasteiger partial charge in [0.2, 0.25) is 0 Å². The van der Waals surface area contributed by atoms with Crippen LogP contribution in [0.15, 0.2) is 0 Å². The summed E-state index contributed by atoms with van der Waals surface area (Å²) in [6.07, 6.45) is 3.87. The fourth-order valence-electron chi connectivity index (χ4n) is 1.15. The van der Waals surface area contributed by atoms with Crippen LogP contribution in [0.5, 0.6) is 0 Å². The van der Waals surface area contributed by atoms with Gasteiger partial charge in [0.15, 0.2) is 0 Å². The van der Waals surface area contributed by atoms with Gasteiger partial charge in [-0.2, -0.15) is 0 Å². The predicted octanol–water partition coefficient (Wildman–Crippen LogP) is 3.12. The number of hydrogen-bond donors (Lipinski definition) is 0. The molecule has 2 nitrogen and oxygen atoms in total. The van der Waals surface area contributed by atoms with Crippen molar-refractivity contribution in [3.8, 4) is 0 Å². The van der Waals surface area contributed by atoms with Crippen LogP contribution in [0.25, 0.3) is 0 Å². The lowest BCUT2D eigenvalue weighted by molar-refractivity contribution is 0.129. The lowest BCUT2D eigenvalue weighted by Crippen LogP contribution is -2.29. The molecule has 0 unspecified atom stereocenters. The van der Waals surface area contributed by atoms with Crippen molar-refractivity contribution in [1.29, 1.82) is 0 Å². The fourth-order valence-corrected chi connectivity index (χ4v) is 1.15. The van der Waals surface area contributed by atoms with Gasteiger partial charge >= 0.3 is 7.12 Å². The van der Waals surface area contributed by atoms with Crippen molar-refractivity contribution in [2.45, 2.75) is 66.0 Å². The molecule has 13 heavy (non-hydrogen) atoms. The Balaban J connectivity index is 3.73. The molecule has 0 aliphatic heterocycles. The molecule has 0 aromatic heterocycles. The van der Waals surface area contributed by atoms with Crippen LogP contribution in [-0.2, 0) is 9.31 Å². The Bertz CT molecular complexity index is 105. The van der Waals surface area contributed by atoms with E-state index in [9.17, 15) is 0 Å². The van der Waals surface area contributed by atoms with Crippen molar-refractivity contribution in [3.05, 3.63) is 0 Å². The second-order valence-corrected chi connectivity index (χ2v) is 3.94. The van der Waals surface area contributed by atoms with Crippen molar-refractivity contribution >= 4 is 7.12 Å². The van der Waals surface area contributed by atoms with E-state index in [0.717, 1.165) is 6.32 Å². The van der Waals surface area contributed by atoms with E-state index in [4.69, 9.17) is 9.31 Å². The van der Waals surface area contributed by atoms with Crippen LogP contribution in [-0.4, -0.2) is 19.3 Å². The summed E-state index contributed by atoms with van der Waals surface area (Å²) in [6, 6.07) is 0. The molecule has 78 valence electrons. The Morgan fingerprint density at radius 3 is 1.77 bits per heavy atom. The fraction of sp³-hybridized carbons (Fsp3) is 1.00. The van der Waals surface area contributed by atoms with E-state index >= 15 is 0 Å². The molecule has 3 heteroatoms. The molecule has 0 aliphatic carbocycles. The first-order valence-corrected chi connectivity index (χ1v) is 5.37. The molecule has 0 heterocycles. The van der Waals surface area contributed by atoms with Gasteiger partial charge in [0.25, 0.3) is 0 Å². The van der Waals surface area contributed by atoms with Crippen LogP contribution in [0.2, 0.25) is 6.32 Å². The van der Waals surface area contributed by atoms with Gasteiger partial charge in [-0.25, -0.2) is 0 Å². The smallest absolute Gasteiger partial charge is 0.409 e. The molecular formula is C10H23BO2. The van der Waals surface area contributed by atoms with E-state index in [1.165, 1.54) is 12.8 Å². The van der Waals surface area contributed by atoms with Gasteiger partial charge in [-0.1, -0.05) is 19.8 Å². The zero-order valence-corrected chi connectivity index (χ0v) is 9.67. The van der Waals surface area contributed by atoms with Crippen molar-refractivity contribution in [2.75, 3.05) is 0 Å². The van der Waals surface area contributed by atoms with Crippen LogP contribution in [0.4, 0.5) is 0 Å². The second kappa shape index (κ2) is 7.39. The minimum absolute atomic E-state index is 0.0139. The molecule has 0 aliphatic rings. The van der Waals surface area contributed by atoms with E-state index in [-0.39, 0.29) is 19.3 Å².